The van der Waals surface area contributed by atoms with Crippen molar-refractivity contribution in [3.8, 4) is 5.69 Å². The smallest absolute Gasteiger partial charge is 0.278 e. The molecule has 0 amide bonds. The van der Waals surface area contributed by atoms with Crippen LogP contribution in [0.1, 0.15) is 71.3 Å². The van der Waals surface area contributed by atoms with E-state index in [4.69, 9.17) is 4.98 Å². The van der Waals surface area contributed by atoms with E-state index < -0.39 is 0 Å². The van der Waals surface area contributed by atoms with Gasteiger partial charge in [-0.2, -0.15) is 4.98 Å². The van der Waals surface area contributed by atoms with Crippen LogP contribution < -0.4 is 10.9 Å². The molecule has 4 aromatic rings. The Hall–Kier alpha value is -3.52. The number of pyridine rings is 1. The van der Waals surface area contributed by atoms with Gasteiger partial charge in [0.2, 0.25) is 5.95 Å². The number of aromatic nitrogens is 5. The Labute approximate surface area is 218 Å². The van der Waals surface area contributed by atoms with Crippen molar-refractivity contribution in [2.75, 3.05) is 11.9 Å². The molecule has 37 heavy (non-hydrogen) atoms. The van der Waals surface area contributed by atoms with Gasteiger partial charge in [-0.05, 0) is 69.5 Å². The third-order valence-electron chi connectivity index (χ3n) is 7.10. The van der Waals surface area contributed by atoms with Crippen molar-refractivity contribution < 1.29 is 0 Å². The summed E-state index contributed by atoms with van der Waals surface area (Å²) >= 11 is 0. The van der Waals surface area contributed by atoms with Crippen LogP contribution in [0, 0.1) is 0 Å². The third kappa shape index (κ3) is 4.78. The van der Waals surface area contributed by atoms with Gasteiger partial charge in [-0.25, -0.2) is 14.3 Å². The van der Waals surface area contributed by atoms with Crippen LogP contribution in [0.25, 0.3) is 16.7 Å². The molecule has 0 atom stereocenters. The van der Waals surface area contributed by atoms with Crippen LogP contribution in [0.3, 0.4) is 0 Å². The van der Waals surface area contributed by atoms with E-state index in [1.807, 2.05) is 30.7 Å². The Balaban J connectivity index is 1.56. The molecule has 0 fully saturated rings. The molecular weight excluding hydrogens is 462 g/mol. The zero-order chi connectivity index (χ0) is 26.5. The van der Waals surface area contributed by atoms with Crippen LogP contribution in [-0.2, 0) is 18.4 Å². The molecule has 0 spiro atoms. The van der Waals surface area contributed by atoms with Gasteiger partial charge in [-0.3, -0.25) is 14.7 Å². The van der Waals surface area contributed by atoms with Gasteiger partial charge in [-0.15, -0.1) is 0 Å². The summed E-state index contributed by atoms with van der Waals surface area (Å²) in [4.78, 5) is 29.8. The molecule has 8 heteroatoms. The summed E-state index contributed by atoms with van der Waals surface area (Å²) in [6, 6.07) is 10.9. The zero-order valence-corrected chi connectivity index (χ0v) is 22.9. The topological polar surface area (TPSA) is 80.9 Å². The van der Waals surface area contributed by atoms with Crippen molar-refractivity contribution in [1.82, 2.24) is 29.2 Å². The highest BCUT2D eigenvalue weighted by Crippen LogP contribution is 2.27. The Morgan fingerprint density at radius 2 is 1.76 bits per heavy atom. The predicted molar refractivity (Wildman–Crippen MR) is 149 cm³/mol. The van der Waals surface area contributed by atoms with E-state index in [1.165, 1.54) is 11.1 Å². The predicted octanol–water partition coefficient (Wildman–Crippen LogP) is 5.37. The normalized spacial score (nSPS) is 14.5. The van der Waals surface area contributed by atoms with E-state index in [0.29, 0.717) is 23.0 Å². The van der Waals surface area contributed by atoms with Crippen molar-refractivity contribution in [1.29, 1.82) is 0 Å². The highest BCUT2D eigenvalue weighted by molar-refractivity contribution is 5.77. The molecule has 194 valence electrons. The number of rotatable bonds is 5. The highest BCUT2D eigenvalue weighted by atomic mass is 16.1. The molecule has 0 saturated heterocycles. The summed E-state index contributed by atoms with van der Waals surface area (Å²) in [5.74, 6) is 0.465. The molecule has 0 saturated carbocycles. The summed E-state index contributed by atoms with van der Waals surface area (Å²) in [7, 11) is 0. The average molecular weight is 500 g/mol. The fraction of sp³-hybridized carbons (Fsp3) is 0.448. The first-order chi connectivity index (χ1) is 17.5. The van der Waals surface area contributed by atoms with Crippen molar-refractivity contribution >= 4 is 22.7 Å². The van der Waals surface area contributed by atoms with Crippen molar-refractivity contribution in [2.45, 2.75) is 78.9 Å². The van der Waals surface area contributed by atoms with Crippen LogP contribution >= 0.6 is 0 Å². The van der Waals surface area contributed by atoms with Crippen molar-refractivity contribution in [3.05, 3.63) is 69.9 Å². The van der Waals surface area contributed by atoms with E-state index >= 15 is 0 Å². The molecule has 1 N–H and O–H groups in total. The zero-order valence-electron chi connectivity index (χ0n) is 22.9. The quantitative estimate of drug-likeness (QED) is 0.398. The number of benzene rings is 1. The summed E-state index contributed by atoms with van der Waals surface area (Å²) in [6.45, 7) is 16.9. The van der Waals surface area contributed by atoms with Crippen LogP contribution in [0.2, 0.25) is 0 Å². The first kappa shape index (κ1) is 25.1. The minimum absolute atomic E-state index is 0.0598. The van der Waals surface area contributed by atoms with E-state index in [1.54, 1.807) is 17.1 Å². The first-order valence-corrected chi connectivity index (χ1v) is 13.1. The molecule has 3 aromatic heterocycles. The SMILES string of the molecule is CC(C)N1CCc2cc(Nc3ncc4c(=O)n(C(C)C)n(-c5ccnc(C(C)(C)C)c5)c4n3)ccc2C1. The fourth-order valence-electron chi connectivity index (χ4n) is 4.96. The maximum Gasteiger partial charge on any atom is 0.278 e. The molecule has 1 aliphatic heterocycles. The second-order valence-corrected chi connectivity index (χ2v) is 11.6. The van der Waals surface area contributed by atoms with E-state index in [-0.39, 0.29) is 17.0 Å². The molecule has 4 heterocycles. The molecule has 0 aliphatic carbocycles. The van der Waals surface area contributed by atoms with E-state index in [2.05, 4.69) is 73.0 Å². The largest absolute Gasteiger partial charge is 0.324 e. The van der Waals surface area contributed by atoms with Gasteiger partial charge in [0.15, 0.2) is 5.65 Å². The standard InChI is InChI=1S/C29H37N7O/c1-18(2)34-13-11-20-14-22(9-8-21(20)17-34)32-28-31-16-24-26(33-28)36(35(19(3)4)27(24)37)23-10-12-30-25(15-23)29(5,6)7/h8-10,12,14-16,18-19H,11,13,17H2,1-7H3,(H,31,32,33). The molecular formula is C29H37N7O. The Morgan fingerprint density at radius 3 is 2.46 bits per heavy atom. The van der Waals surface area contributed by atoms with Crippen molar-refractivity contribution in [3.63, 3.8) is 0 Å². The minimum Gasteiger partial charge on any atom is -0.324 e. The van der Waals surface area contributed by atoms with Crippen LogP contribution in [0.4, 0.5) is 11.6 Å². The lowest BCUT2D eigenvalue weighted by molar-refractivity contribution is 0.203. The number of hydrogen-bond donors (Lipinski definition) is 1. The number of anilines is 2. The van der Waals surface area contributed by atoms with Gasteiger partial charge in [0.1, 0.15) is 5.39 Å². The molecule has 0 radical (unpaired) electrons. The van der Waals surface area contributed by atoms with Gasteiger partial charge >= 0.3 is 0 Å². The number of fused-ring (bicyclic) bond motifs is 2. The van der Waals surface area contributed by atoms with Crippen LogP contribution in [-0.4, -0.2) is 41.8 Å². The van der Waals surface area contributed by atoms with Crippen LogP contribution in [0.15, 0.2) is 47.5 Å². The Kier molecular flexibility index (Phi) is 6.40. The second-order valence-electron chi connectivity index (χ2n) is 11.6. The summed E-state index contributed by atoms with van der Waals surface area (Å²) < 4.78 is 3.64. The number of hydrogen-bond acceptors (Lipinski definition) is 6. The monoisotopic (exact) mass is 499 g/mol. The van der Waals surface area contributed by atoms with Gasteiger partial charge < -0.3 is 5.32 Å². The lowest BCUT2D eigenvalue weighted by atomic mass is 9.91. The molecule has 1 aliphatic rings. The maximum absolute atomic E-state index is 13.4. The van der Waals surface area contributed by atoms with Gasteiger partial charge in [0.05, 0.1) is 5.69 Å². The molecule has 8 nitrogen and oxygen atoms in total. The van der Waals surface area contributed by atoms with Crippen molar-refractivity contribution in [2.24, 2.45) is 0 Å². The van der Waals surface area contributed by atoms with Gasteiger partial charge in [0, 0.05) is 54.4 Å². The maximum atomic E-state index is 13.4. The van der Waals surface area contributed by atoms with Gasteiger partial charge in [-0.1, -0.05) is 26.8 Å². The third-order valence-corrected chi connectivity index (χ3v) is 7.10. The molecule has 0 bridgehead atoms. The molecule has 1 aromatic carbocycles. The molecule has 5 rings (SSSR count). The summed E-state index contributed by atoms with van der Waals surface area (Å²) in [5.41, 5.74) is 5.84. The minimum atomic E-state index is -0.123. The fourth-order valence-corrected chi connectivity index (χ4v) is 4.96. The number of nitrogens with zero attached hydrogens (tertiary/aromatic N) is 6. The second kappa shape index (κ2) is 9.41. The Bertz CT molecular complexity index is 1510. The van der Waals surface area contributed by atoms with E-state index in [9.17, 15) is 4.79 Å². The summed E-state index contributed by atoms with van der Waals surface area (Å²) in [6.07, 6.45) is 4.45. The lowest BCUT2D eigenvalue weighted by Gasteiger charge is -2.32. The molecule has 0 unspecified atom stereocenters. The van der Waals surface area contributed by atoms with E-state index in [0.717, 1.165) is 36.6 Å². The number of nitrogens with one attached hydrogen (secondary N) is 1. The Morgan fingerprint density at radius 1 is 0.973 bits per heavy atom. The average Bonchev–Trinajstić information content (AvgIpc) is 3.15. The highest BCUT2D eigenvalue weighted by Gasteiger charge is 2.22. The van der Waals surface area contributed by atoms with Crippen LogP contribution in [0.5, 0.6) is 0 Å². The first-order valence-electron chi connectivity index (χ1n) is 13.1. The van der Waals surface area contributed by atoms with Gasteiger partial charge in [0.25, 0.3) is 5.56 Å². The summed E-state index contributed by atoms with van der Waals surface area (Å²) in [5, 5.41) is 3.87. The lowest BCUT2D eigenvalue weighted by Crippen LogP contribution is -2.35.